The summed E-state index contributed by atoms with van der Waals surface area (Å²) in [6.07, 6.45) is 3.28. The summed E-state index contributed by atoms with van der Waals surface area (Å²) in [6.45, 7) is 4.02. The molecule has 1 aliphatic rings. The number of hydrogen-bond donors (Lipinski definition) is 2. The Morgan fingerprint density at radius 3 is 2.58 bits per heavy atom. The number of rotatable bonds is 7. The van der Waals surface area contributed by atoms with Gasteiger partial charge in [0.25, 0.3) is 5.91 Å². The highest BCUT2D eigenvalue weighted by Gasteiger charge is 2.24. The maximum absolute atomic E-state index is 13.2. The summed E-state index contributed by atoms with van der Waals surface area (Å²) in [7, 11) is 2.05. The summed E-state index contributed by atoms with van der Waals surface area (Å²) in [6, 6.07) is 12.5. The molecule has 0 atom stereocenters. The Kier molecular flexibility index (Phi) is 7.60. The van der Waals surface area contributed by atoms with Gasteiger partial charge in [-0.15, -0.1) is 0 Å². The highest BCUT2D eigenvalue weighted by atomic mass is 35.5. The SMILES string of the molecule is CN1CCN(C(=O)c2cc3c(NCCNc4ccc(C#N)cn4)nc(-c4ccc(Cl)cc4Cl)cn3n2)CC1. The average Bonchev–Trinajstić information content (AvgIpc) is 3.36. The van der Waals surface area contributed by atoms with Crippen LogP contribution in [0.2, 0.25) is 10.0 Å². The van der Waals surface area contributed by atoms with Gasteiger partial charge >= 0.3 is 0 Å². The van der Waals surface area contributed by atoms with Gasteiger partial charge in [0, 0.05) is 62.1 Å². The molecule has 0 bridgehead atoms. The number of pyridine rings is 1. The summed E-state index contributed by atoms with van der Waals surface area (Å²) in [5, 5.41) is 21.1. The van der Waals surface area contributed by atoms with E-state index in [0.717, 1.165) is 13.1 Å². The molecule has 194 valence electrons. The number of halogens is 2. The van der Waals surface area contributed by atoms with Crippen molar-refractivity contribution in [3.63, 3.8) is 0 Å². The van der Waals surface area contributed by atoms with Crippen molar-refractivity contribution in [2.75, 3.05) is 56.9 Å². The third kappa shape index (κ3) is 5.65. The second kappa shape index (κ2) is 11.2. The minimum atomic E-state index is -0.104. The van der Waals surface area contributed by atoms with Crippen molar-refractivity contribution < 1.29 is 4.79 Å². The zero-order valence-corrected chi connectivity index (χ0v) is 22.2. The molecule has 0 saturated carbocycles. The highest BCUT2D eigenvalue weighted by Crippen LogP contribution is 2.31. The molecule has 1 saturated heterocycles. The first-order valence-corrected chi connectivity index (χ1v) is 12.8. The molecule has 4 aromatic rings. The lowest BCUT2D eigenvalue weighted by molar-refractivity contribution is 0.0658. The van der Waals surface area contributed by atoms with Crippen molar-refractivity contribution >= 4 is 46.3 Å². The Bertz CT molecular complexity index is 1510. The number of amides is 1. The van der Waals surface area contributed by atoms with Gasteiger partial charge in [-0.1, -0.05) is 23.2 Å². The molecule has 0 aliphatic carbocycles. The molecule has 2 N–H and O–H groups in total. The van der Waals surface area contributed by atoms with Crippen LogP contribution in [0.1, 0.15) is 16.1 Å². The lowest BCUT2D eigenvalue weighted by atomic mass is 10.1. The maximum atomic E-state index is 13.2. The standard InChI is InChI=1S/C26H25Cl2N9O/c1-35-8-10-36(11-9-35)26(38)21-13-23-25(31-7-6-30-24-5-2-17(14-29)15-32-24)33-22(16-37(23)34-21)19-4-3-18(27)12-20(19)28/h2-5,12-13,15-16H,6-11H2,1H3,(H,30,32)(H,31,33). The summed E-state index contributed by atoms with van der Waals surface area (Å²) >= 11 is 12.6. The second-order valence-corrected chi connectivity index (χ2v) is 9.79. The van der Waals surface area contributed by atoms with Gasteiger partial charge in [-0.05, 0) is 37.4 Å². The Morgan fingerprint density at radius 2 is 1.87 bits per heavy atom. The number of piperazine rings is 1. The molecule has 4 heterocycles. The van der Waals surface area contributed by atoms with Crippen molar-refractivity contribution in [1.82, 2.24) is 29.4 Å². The molecule has 12 heteroatoms. The van der Waals surface area contributed by atoms with Crippen LogP contribution < -0.4 is 10.6 Å². The quantitative estimate of drug-likeness (QED) is 0.334. The van der Waals surface area contributed by atoms with Crippen molar-refractivity contribution in [3.8, 4) is 17.3 Å². The largest absolute Gasteiger partial charge is 0.368 e. The van der Waals surface area contributed by atoms with Crippen LogP contribution >= 0.6 is 23.2 Å². The molecule has 0 spiro atoms. The van der Waals surface area contributed by atoms with Gasteiger partial charge in [-0.3, -0.25) is 4.79 Å². The lowest BCUT2D eigenvalue weighted by Crippen LogP contribution is -2.47. The number of carbonyl (C=O) groups is 1. The summed E-state index contributed by atoms with van der Waals surface area (Å²) < 4.78 is 1.66. The first kappa shape index (κ1) is 25.7. The number of likely N-dealkylation sites (N-methyl/N-ethyl adjacent to an activating group) is 1. The molecule has 1 aliphatic heterocycles. The van der Waals surface area contributed by atoms with Crippen LogP contribution in [0.5, 0.6) is 0 Å². The zero-order valence-electron chi connectivity index (χ0n) is 20.7. The van der Waals surface area contributed by atoms with Crippen molar-refractivity contribution in [3.05, 3.63) is 70.1 Å². The van der Waals surface area contributed by atoms with E-state index in [-0.39, 0.29) is 5.91 Å². The average molecular weight is 550 g/mol. The maximum Gasteiger partial charge on any atom is 0.274 e. The van der Waals surface area contributed by atoms with E-state index in [9.17, 15) is 4.79 Å². The molecular weight excluding hydrogens is 525 g/mol. The Labute approximate surface area is 229 Å². The van der Waals surface area contributed by atoms with Gasteiger partial charge in [0.2, 0.25) is 0 Å². The van der Waals surface area contributed by atoms with Gasteiger partial charge in [-0.2, -0.15) is 10.4 Å². The zero-order chi connectivity index (χ0) is 26.6. The molecular formula is C26H25Cl2N9O. The van der Waals surface area contributed by atoms with E-state index < -0.39 is 0 Å². The fourth-order valence-electron chi connectivity index (χ4n) is 4.16. The normalized spacial score (nSPS) is 13.9. The van der Waals surface area contributed by atoms with Crippen LogP contribution in [-0.2, 0) is 0 Å². The van der Waals surface area contributed by atoms with Crippen LogP contribution in [0.4, 0.5) is 11.6 Å². The van der Waals surface area contributed by atoms with Gasteiger partial charge in [0.05, 0.1) is 22.5 Å². The molecule has 1 amide bonds. The monoisotopic (exact) mass is 549 g/mol. The number of anilines is 2. The number of nitrogens with one attached hydrogen (secondary N) is 2. The number of nitrogens with zero attached hydrogens (tertiary/aromatic N) is 7. The Hall–Kier alpha value is -3.91. The van der Waals surface area contributed by atoms with Gasteiger partial charge < -0.3 is 20.4 Å². The number of carbonyl (C=O) groups excluding carboxylic acids is 1. The van der Waals surface area contributed by atoms with E-state index in [1.807, 2.05) is 11.9 Å². The minimum Gasteiger partial charge on any atom is -0.368 e. The molecule has 10 nitrogen and oxygen atoms in total. The molecule has 0 unspecified atom stereocenters. The van der Waals surface area contributed by atoms with E-state index in [2.05, 4.69) is 31.7 Å². The topological polar surface area (TPSA) is 114 Å². The first-order valence-electron chi connectivity index (χ1n) is 12.1. The number of nitriles is 1. The van der Waals surface area contributed by atoms with Crippen LogP contribution in [0.25, 0.3) is 16.8 Å². The van der Waals surface area contributed by atoms with Gasteiger partial charge in [-0.25, -0.2) is 14.5 Å². The van der Waals surface area contributed by atoms with Crippen LogP contribution in [-0.4, -0.2) is 81.6 Å². The second-order valence-electron chi connectivity index (χ2n) is 8.95. The van der Waals surface area contributed by atoms with Crippen LogP contribution in [0, 0.1) is 11.3 Å². The third-order valence-electron chi connectivity index (χ3n) is 6.29. The highest BCUT2D eigenvalue weighted by molar-refractivity contribution is 6.36. The minimum absolute atomic E-state index is 0.104. The number of benzene rings is 1. The Balaban J connectivity index is 1.41. The molecule has 0 radical (unpaired) electrons. The Morgan fingerprint density at radius 1 is 1.08 bits per heavy atom. The summed E-state index contributed by atoms with van der Waals surface area (Å²) in [5.41, 5.74) is 2.82. The van der Waals surface area contributed by atoms with Gasteiger partial charge in [0.15, 0.2) is 11.5 Å². The van der Waals surface area contributed by atoms with E-state index in [1.165, 1.54) is 6.20 Å². The summed E-state index contributed by atoms with van der Waals surface area (Å²) in [4.78, 5) is 26.3. The van der Waals surface area contributed by atoms with Crippen molar-refractivity contribution in [1.29, 1.82) is 5.26 Å². The van der Waals surface area contributed by atoms with Gasteiger partial charge in [0.1, 0.15) is 17.4 Å². The summed E-state index contributed by atoms with van der Waals surface area (Å²) in [5.74, 6) is 1.12. The van der Waals surface area contributed by atoms with Crippen molar-refractivity contribution in [2.45, 2.75) is 0 Å². The predicted octanol–water partition coefficient (Wildman–Crippen LogP) is 3.88. The van der Waals surface area contributed by atoms with Crippen molar-refractivity contribution in [2.24, 2.45) is 0 Å². The molecule has 3 aromatic heterocycles. The van der Waals surface area contributed by atoms with E-state index in [1.54, 1.807) is 47.1 Å². The fourth-order valence-corrected chi connectivity index (χ4v) is 4.67. The van der Waals surface area contributed by atoms with E-state index in [0.29, 0.717) is 75.9 Å². The van der Waals surface area contributed by atoms with E-state index in [4.69, 9.17) is 33.4 Å². The van der Waals surface area contributed by atoms with E-state index >= 15 is 0 Å². The smallest absolute Gasteiger partial charge is 0.274 e. The number of fused-ring (bicyclic) bond motifs is 1. The predicted molar refractivity (Wildman–Crippen MR) is 148 cm³/mol. The molecule has 5 rings (SSSR count). The number of hydrogen-bond acceptors (Lipinski definition) is 8. The molecule has 38 heavy (non-hydrogen) atoms. The molecule has 1 aromatic carbocycles. The van der Waals surface area contributed by atoms with Crippen LogP contribution in [0.3, 0.4) is 0 Å². The fraction of sp³-hybridized carbons (Fsp3) is 0.269. The lowest BCUT2D eigenvalue weighted by Gasteiger charge is -2.31. The first-order chi connectivity index (χ1) is 18.4. The van der Waals surface area contributed by atoms with Crippen LogP contribution in [0.15, 0.2) is 48.8 Å². The number of aromatic nitrogens is 4. The third-order valence-corrected chi connectivity index (χ3v) is 6.84. The molecule has 1 fully saturated rings.